The number of likely N-dealkylation sites (tertiary alicyclic amines) is 1. The van der Waals surface area contributed by atoms with Gasteiger partial charge in [0.1, 0.15) is 5.60 Å². The maximum atomic E-state index is 12.3. The van der Waals surface area contributed by atoms with Gasteiger partial charge in [-0.1, -0.05) is 6.08 Å². The lowest BCUT2D eigenvalue weighted by Crippen LogP contribution is -2.35. The Morgan fingerprint density at radius 1 is 1.38 bits per heavy atom. The molecule has 26 heavy (non-hydrogen) atoms. The van der Waals surface area contributed by atoms with Gasteiger partial charge in [0.25, 0.3) is 0 Å². The van der Waals surface area contributed by atoms with Crippen molar-refractivity contribution < 1.29 is 14.6 Å². The second kappa shape index (κ2) is 6.99. The fourth-order valence-corrected chi connectivity index (χ4v) is 3.74. The van der Waals surface area contributed by atoms with Crippen molar-refractivity contribution in [3.8, 4) is 0 Å². The number of allylic oxidation sites excluding steroid dienone is 1. The van der Waals surface area contributed by atoms with Gasteiger partial charge in [0.05, 0.1) is 6.10 Å². The summed E-state index contributed by atoms with van der Waals surface area (Å²) in [5, 5.41) is 9.62. The topological polar surface area (TPSA) is 75.6 Å². The third-order valence-corrected chi connectivity index (χ3v) is 4.74. The van der Waals surface area contributed by atoms with Crippen molar-refractivity contribution in [2.45, 2.75) is 59.2 Å². The fraction of sp³-hybridized carbons (Fsp3) is 0.650. The van der Waals surface area contributed by atoms with Crippen LogP contribution in [0.1, 0.15) is 51.3 Å². The second-order valence-corrected chi connectivity index (χ2v) is 8.58. The number of ether oxygens (including phenoxy) is 1. The van der Waals surface area contributed by atoms with Gasteiger partial charge in [0.15, 0.2) is 5.82 Å². The van der Waals surface area contributed by atoms with E-state index in [9.17, 15) is 9.90 Å². The van der Waals surface area contributed by atoms with E-state index in [1.165, 1.54) is 0 Å². The van der Waals surface area contributed by atoms with Gasteiger partial charge in [0.2, 0.25) is 0 Å². The first-order valence-electron chi connectivity index (χ1n) is 9.32. The zero-order chi connectivity index (χ0) is 19.1. The molecule has 6 heteroatoms. The molecular formula is C20H29N3O3. The number of aryl methyl sites for hydroxylation is 1. The molecule has 1 saturated heterocycles. The molecule has 1 aromatic heterocycles. The molecule has 0 radical (unpaired) electrons. The number of carbonyl (C=O) groups is 1. The number of nitrogens with zero attached hydrogens (tertiary/aromatic N) is 3. The van der Waals surface area contributed by atoms with Gasteiger partial charge < -0.3 is 14.7 Å². The summed E-state index contributed by atoms with van der Waals surface area (Å²) in [5.74, 6) is 1.50. The standard InChI is InChI=1S/C20H29N3O3/c1-12-6-17(7-13(2)24)22-18(21-12)14-8-15-10-23(11-16(15)9-14)19(25)26-20(3,4)5/h6,8,13,15-16,24H,7,9-11H2,1-5H3. The predicted molar refractivity (Wildman–Crippen MR) is 99.5 cm³/mol. The quantitative estimate of drug-likeness (QED) is 0.898. The zero-order valence-corrected chi connectivity index (χ0v) is 16.3. The van der Waals surface area contributed by atoms with E-state index >= 15 is 0 Å². The molecule has 142 valence electrons. The summed E-state index contributed by atoms with van der Waals surface area (Å²) in [6.07, 6.45) is 2.98. The van der Waals surface area contributed by atoms with Crippen LogP contribution in [0, 0.1) is 18.8 Å². The summed E-state index contributed by atoms with van der Waals surface area (Å²) in [5.41, 5.74) is 2.47. The third kappa shape index (κ3) is 4.41. The first-order valence-corrected chi connectivity index (χ1v) is 9.32. The van der Waals surface area contributed by atoms with E-state index in [4.69, 9.17) is 4.74 Å². The van der Waals surface area contributed by atoms with Crippen molar-refractivity contribution in [3.63, 3.8) is 0 Å². The smallest absolute Gasteiger partial charge is 0.410 e. The van der Waals surface area contributed by atoms with E-state index in [0.29, 0.717) is 31.3 Å². The third-order valence-electron chi connectivity index (χ3n) is 4.74. The summed E-state index contributed by atoms with van der Waals surface area (Å²) in [7, 11) is 0. The second-order valence-electron chi connectivity index (χ2n) is 8.58. The number of fused-ring (bicyclic) bond motifs is 1. The Labute approximate surface area is 155 Å². The van der Waals surface area contributed by atoms with Crippen molar-refractivity contribution in [2.24, 2.45) is 11.8 Å². The molecule has 1 aliphatic heterocycles. The number of aromatic nitrogens is 2. The first-order chi connectivity index (χ1) is 12.1. The highest BCUT2D eigenvalue weighted by Crippen LogP contribution is 2.40. The highest BCUT2D eigenvalue weighted by Gasteiger charge is 2.40. The van der Waals surface area contributed by atoms with E-state index in [-0.39, 0.29) is 6.09 Å². The molecule has 3 unspecified atom stereocenters. The van der Waals surface area contributed by atoms with Crippen LogP contribution in [0.3, 0.4) is 0 Å². The number of aliphatic hydroxyl groups excluding tert-OH is 1. The highest BCUT2D eigenvalue weighted by atomic mass is 16.6. The van der Waals surface area contributed by atoms with Crippen LogP contribution >= 0.6 is 0 Å². The molecule has 0 aromatic carbocycles. The minimum absolute atomic E-state index is 0.229. The molecule has 1 amide bonds. The minimum atomic E-state index is -0.467. The van der Waals surface area contributed by atoms with Crippen LogP contribution in [-0.2, 0) is 11.2 Å². The number of hydrogen-bond donors (Lipinski definition) is 1. The Bertz CT molecular complexity index is 722. The van der Waals surface area contributed by atoms with E-state index in [1.54, 1.807) is 6.92 Å². The maximum absolute atomic E-state index is 12.3. The lowest BCUT2D eigenvalue weighted by molar-refractivity contribution is 0.0285. The fourth-order valence-electron chi connectivity index (χ4n) is 3.74. The lowest BCUT2D eigenvalue weighted by atomic mass is 10.00. The van der Waals surface area contributed by atoms with Crippen LogP contribution in [0.5, 0.6) is 0 Å². The minimum Gasteiger partial charge on any atom is -0.444 e. The Morgan fingerprint density at radius 2 is 2.12 bits per heavy atom. The number of rotatable bonds is 3. The van der Waals surface area contributed by atoms with E-state index in [2.05, 4.69) is 16.0 Å². The normalized spacial score (nSPS) is 23.6. The molecule has 0 saturated carbocycles. The Kier molecular flexibility index (Phi) is 5.06. The summed E-state index contributed by atoms with van der Waals surface area (Å²) < 4.78 is 5.48. The average molecular weight is 359 g/mol. The van der Waals surface area contributed by atoms with Gasteiger partial charge in [-0.05, 0) is 58.6 Å². The predicted octanol–water partition coefficient (Wildman–Crippen LogP) is 2.98. The van der Waals surface area contributed by atoms with Crippen LogP contribution in [0.15, 0.2) is 12.1 Å². The molecule has 1 aliphatic carbocycles. The van der Waals surface area contributed by atoms with Crippen LogP contribution < -0.4 is 0 Å². The van der Waals surface area contributed by atoms with Gasteiger partial charge in [-0.25, -0.2) is 14.8 Å². The van der Waals surface area contributed by atoms with Crippen molar-refractivity contribution in [1.82, 2.24) is 14.9 Å². The summed E-state index contributed by atoms with van der Waals surface area (Å²) >= 11 is 0. The van der Waals surface area contributed by atoms with Crippen LogP contribution in [0.4, 0.5) is 4.79 Å². The number of amides is 1. The van der Waals surface area contributed by atoms with Crippen molar-refractivity contribution in [1.29, 1.82) is 0 Å². The summed E-state index contributed by atoms with van der Waals surface area (Å²) in [6.45, 7) is 10.8. The number of hydrogen-bond acceptors (Lipinski definition) is 5. The van der Waals surface area contributed by atoms with Crippen LogP contribution in [0.25, 0.3) is 5.57 Å². The Morgan fingerprint density at radius 3 is 2.73 bits per heavy atom. The van der Waals surface area contributed by atoms with Crippen LogP contribution in [0.2, 0.25) is 0 Å². The highest BCUT2D eigenvalue weighted by molar-refractivity contribution is 5.70. The van der Waals surface area contributed by atoms with Crippen molar-refractivity contribution in [3.05, 3.63) is 29.4 Å². The Hall–Kier alpha value is -1.95. The van der Waals surface area contributed by atoms with Gasteiger partial charge in [0, 0.05) is 36.8 Å². The van der Waals surface area contributed by atoms with E-state index in [0.717, 1.165) is 29.2 Å². The molecule has 0 spiro atoms. The lowest BCUT2D eigenvalue weighted by Gasteiger charge is -2.24. The van der Waals surface area contributed by atoms with Gasteiger partial charge >= 0.3 is 6.09 Å². The number of aliphatic hydroxyl groups is 1. The molecule has 1 N–H and O–H groups in total. The monoisotopic (exact) mass is 359 g/mol. The maximum Gasteiger partial charge on any atom is 0.410 e. The molecule has 1 fully saturated rings. The molecular weight excluding hydrogens is 330 g/mol. The molecule has 0 bridgehead atoms. The van der Waals surface area contributed by atoms with Crippen LogP contribution in [-0.4, -0.2) is 50.9 Å². The molecule has 3 atom stereocenters. The van der Waals surface area contributed by atoms with Gasteiger partial charge in [-0.15, -0.1) is 0 Å². The van der Waals surface area contributed by atoms with E-state index < -0.39 is 11.7 Å². The van der Waals surface area contributed by atoms with Crippen molar-refractivity contribution >= 4 is 11.7 Å². The van der Waals surface area contributed by atoms with Crippen molar-refractivity contribution in [2.75, 3.05) is 13.1 Å². The summed E-state index contributed by atoms with van der Waals surface area (Å²) in [6, 6.07) is 1.93. The van der Waals surface area contributed by atoms with Gasteiger partial charge in [-0.3, -0.25) is 0 Å². The molecule has 2 aliphatic rings. The largest absolute Gasteiger partial charge is 0.444 e. The van der Waals surface area contributed by atoms with Gasteiger partial charge in [-0.2, -0.15) is 0 Å². The first kappa shape index (κ1) is 18.8. The molecule has 3 rings (SSSR count). The Balaban J connectivity index is 1.70. The molecule has 1 aromatic rings. The zero-order valence-electron chi connectivity index (χ0n) is 16.3. The van der Waals surface area contributed by atoms with E-state index in [1.807, 2.05) is 38.7 Å². The molecule has 6 nitrogen and oxygen atoms in total. The summed E-state index contributed by atoms with van der Waals surface area (Å²) in [4.78, 5) is 23.3. The SMILES string of the molecule is Cc1cc(CC(C)O)nc(C2=CC3CN(C(=O)OC(C)(C)C)CC3C2)n1. The number of carbonyl (C=O) groups excluding carboxylic acids is 1. The average Bonchev–Trinajstić information content (AvgIpc) is 3.02. The molecule has 2 heterocycles.